The van der Waals surface area contributed by atoms with Crippen LogP contribution >= 0.6 is 0 Å². The summed E-state index contributed by atoms with van der Waals surface area (Å²) in [5, 5.41) is 3.34. The first kappa shape index (κ1) is 25.5. The van der Waals surface area contributed by atoms with E-state index in [1.165, 1.54) is 26.2 Å². The number of nitrogens with zero attached hydrogens (tertiary/aromatic N) is 1. The van der Waals surface area contributed by atoms with Crippen molar-refractivity contribution in [2.75, 3.05) is 32.8 Å². The van der Waals surface area contributed by atoms with Crippen LogP contribution in [0.15, 0.2) is 36.4 Å². The molecule has 4 atom stereocenters. The lowest BCUT2D eigenvalue weighted by atomic mass is 9.78. The molecule has 2 saturated heterocycles. The highest BCUT2D eigenvalue weighted by Crippen LogP contribution is 2.53. The second kappa shape index (κ2) is 9.81. The highest BCUT2D eigenvalue weighted by molar-refractivity contribution is 6.24. The zero-order chi connectivity index (χ0) is 26.2. The van der Waals surface area contributed by atoms with Crippen LogP contribution in [0.5, 0.6) is 17.2 Å². The van der Waals surface area contributed by atoms with Crippen molar-refractivity contribution >= 4 is 23.5 Å². The molecule has 36 heavy (non-hydrogen) atoms. The van der Waals surface area contributed by atoms with E-state index in [4.69, 9.17) is 18.9 Å². The minimum absolute atomic E-state index is 0.151. The number of rotatable bonds is 8. The lowest BCUT2D eigenvalue weighted by Gasteiger charge is -2.32. The molecule has 0 aliphatic carbocycles. The van der Waals surface area contributed by atoms with Crippen molar-refractivity contribution in [2.24, 2.45) is 11.8 Å². The lowest BCUT2D eigenvalue weighted by molar-refractivity contribution is -0.154. The lowest BCUT2D eigenvalue weighted by Crippen LogP contribution is -2.56. The summed E-state index contributed by atoms with van der Waals surface area (Å²) in [5.74, 6) is -1.92. The molecule has 0 spiro atoms. The first-order valence-electron chi connectivity index (χ1n) is 12.0. The molecule has 0 unspecified atom stereocenters. The van der Waals surface area contributed by atoms with Gasteiger partial charge in [0.05, 0.1) is 45.5 Å². The van der Waals surface area contributed by atoms with Crippen LogP contribution in [0.4, 0.5) is 5.69 Å². The summed E-state index contributed by atoms with van der Waals surface area (Å²) >= 11 is 0. The van der Waals surface area contributed by atoms with Gasteiger partial charge in [0.25, 0.3) is 0 Å². The molecule has 2 amide bonds. The zero-order valence-corrected chi connectivity index (χ0v) is 21.4. The average Bonchev–Trinajstić information content (AvgIpc) is 3.37. The minimum atomic E-state index is -1.38. The van der Waals surface area contributed by atoms with E-state index in [-0.39, 0.29) is 18.9 Å². The van der Waals surface area contributed by atoms with Gasteiger partial charge < -0.3 is 18.9 Å². The van der Waals surface area contributed by atoms with E-state index >= 15 is 0 Å². The molecular weight excluding hydrogens is 464 g/mol. The molecule has 2 heterocycles. The standard InChI is InChI=1S/C27H32N2O7/c1-7-27(26(32)36-8-2)21-20(24(30)29(25(21)31)17-11-9-15(3)10-12-17)22(28-27)16-13-18(33-4)23(35-6)19(14-16)34-5/h9-14,20-22,28H,7-8H2,1-6H3/t20-,21+,22+,27+/m0/s1. The Morgan fingerprint density at radius 1 is 0.972 bits per heavy atom. The van der Waals surface area contributed by atoms with Crippen LogP contribution < -0.4 is 24.4 Å². The summed E-state index contributed by atoms with van der Waals surface area (Å²) in [6.45, 7) is 5.60. The molecule has 0 aromatic heterocycles. The number of anilines is 1. The molecule has 2 aliphatic heterocycles. The Labute approximate surface area is 210 Å². The number of hydrogen-bond donors (Lipinski definition) is 1. The van der Waals surface area contributed by atoms with Crippen LogP contribution in [0.1, 0.15) is 37.4 Å². The van der Waals surface area contributed by atoms with Crippen molar-refractivity contribution < 1.29 is 33.3 Å². The van der Waals surface area contributed by atoms with Gasteiger partial charge in [-0.25, -0.2) is 4.90 Å². The minimum Gasteiger partial charge on any atom is -0.493 e. The van der Waals surface area contributed by atoms with Crippen molar-refractivity contribution in [3.05, 3.63) is 47.5 Å². The monoisotopic (exact) mass is 496 g/mol. The molecule has 1 N–H and O–H groups in total. The number of carbonyl (C=O) groups is 3. The van der Waals surface area contributed by atoms with Crippen LogP contribution in [0.2, 0.25) is 0 Å². The molecule has 9 heteroatoms. The molecule has 4 rings (SSSR count). The number of hydrogen-bond acceptors (Lipinski definition) is 8. The number of amides is 2. The van der Waals surface area contributed by atoms with Gasteiger partial charge in [0.2, 0.25) is 17.6 Å². The Kier molecular flexibility index (Phi) is 6.95. The predicted molar refractivity (Wildman–Crippen MR) is 132 cm³/mol. The number of imide groups is 1. The maximum Gasteiger partial charge on any atom is 0.327 e. The Morgan fingerprint density at radius 2 is 1.58 bits per heavy atom. The third-order valence-corrected chi connectivity index (χ3v) is 7.19. The topological polar surface area (TPSA) is 103 Å². The van der Waals surface area contributed by atoms with Gasteiger partial charge >= 0.3 is 5.97 Å². The van der Waals surface area contributed by atoms with Crippen molar-refractivity contribution in [3.8, 4) is 17.2 Å². The van der Waals surface area contributed by atoms with Crippen molar-refractivity contribution in [1.82, 2.24) is 5.32 Å². The van der Waals surface area contributed by atoms with Crippen LogP contribution in [0.3, 0.4) is 0 Å². The smallest absolute Gasteiger partial charge is 0.327 e. The van der Waals surface area contributed by atoms with Crippen molar-refractivity contribution in [2.45, 2.75) is 38.8 Å². The fraction of sp³-hybridized carbons (Fsp3) is 0.444. The molecule has 2 fully saturated rings. The number of aryl methyl sites for hydroxylation is 1. The number of nitrogens with one attached hydrogen (secondary N) is 1. The molecule has 0 radical (unpaired) electrons. The zero-order valence-electron chi connectivity index (χ0n) is 21.4. The number of ether oxygens (including phenoxy) is 4. The number of benzene rings is 2. The molecule has 0 bridgehead atoms. The summed E-state index contributed by atoms with van der Waals surface area (Å²) in [4.78, 5) is 42.4. The van der Waals surface area contributed by atoms with Gasteiger partial charge in [-0.1, -0.05) is 24.6 Å². The van der Waals surface area contributed by atoms with E-state index in [2.05, 4.69) is 5.32 Å². The first-order valence-corrected chi connectivity index (χ1v) is 12.0. The number of methoxy groups -OCH3 is 3. The third kappa shape index (κ3) is 3.78. The van der Waals surface area contributed by atoms with Gasteiger partial charge in [0, 0.05) is 6.04 Å². The van der Waals surface area contributed by atoms with Gasteiger partial charge in [-0.15, -0.1) is 0 Å². The quantitative estimate of drug-likeness (QED) is 0.439. The largest absolute Gasteiger partial charge is 0.493 e. The highest BCUT2D eigenvalue weighted by Gasteiger charge is 2.68. The molecule has 2 aliphatic rings. The van der Waals surface area contributed by atoms with Crippen LogP contribution in [-0.4, -0.2) is 51.3 Å². The van der Waals surface area contributed by atoms with Gasteiger partial charge in [-0.2, -0.15) is 0 Å². The Balaban J connectivity index is 1.89. The SMILES string of the molecule is CCOC(=O)[C@]1(CC)N[C@H](c2cc(OC)c(OC)c(OC)c2)[C@H]2C(=O)N(c3ccc(C)cc3)C(=O)[C@@H]21. The van der Waals surface area contributed by atoms with Crippen molar-refractivity contribution in [3.63, 3.8) is 0 Å². The average molecular weight is 497 g/mol. The fourth-order valence-electron chi connectivity index (χ4n) is 5.43. The number of fused-ring (bicyclic) bond motifs is 1. The maximum atomic E-state index is 13.9. The molecule has 2 aromatic rings. The maximum absolute atomic E-state index is 13.9. The molecule has 2 aromatic carbocycles. The van der Waals surface area contributed by atoms with E-state index < -0.39 is 35.3 Å². The number of carbonyl (C=O) groups excluding carboxylic acids is 3. The van der Waals surface area contributed by atoms with Gasteiger partial charge in [-0.05, 0) is 50.1 Å². The van der Waals surface area contributed by atoms with Gasteiger partial charge in [0.15, 0.2) is 11.5 Å². The van der Waals surface area contributed by atoms with Crippen molar-refractivity contribution in [1.29, 1.82) is 0 Å². The van der Waals surface area contributed by atoms with E-state index in [0.29, 0.717) is 28.5 Å². The van der Waals surface area contributed by atoms with Crippen LogP contribution in [0, 0.1) is 18.8 Å². The van der Waals surface area contributed by atoms with E-state index in [0.717, 1.165) is 5.56 Å². The summed E-state index contributed by atoms with van der Waals surface area (Å²) in [6.07, 6.45) is 0.259. The van der Waals surface area contributed by atoms with E-state index in [1.54, 1.807) is 31.2 Å². The summed E-state index contributed by atoms with van der Waals surface area (Å²) in [6, 6.07) is 9.96. The van der Waals surface area contributed by atoms with Gasteiger partial charge in [-0.3, -0.25) is 19.7 Å². The molecular formula is C27H32N2O7. The van der Waals surface area contributed by atoms with E-state index in [1.807, 2.05) is 26.0 Å². The van der Waals surface area contributed by atoms with Crippen LogP contribution in [0.25, 0.3) is 0 Å². The molecule has 192 valence electrons. The first-order chi connectivity index (χ1) is 17.3. The normalized spacial score (nSPS) is 25.1. The molecule has 0 saturated carbocycles. The summed E-state index contributed by atoms with van der Waals surface area (Å²) < 4.78 is 21.9. The predicted octanol–water partition coefficient (Wildman–Crippen LogP) is 3.18. The fourth-order valence-corrected chi connectivity index (χ4v) is 5.43. The Hall–Kier alpha value is -3.59. The van der Waals surface area contributed by atoms with Gasteiger partial charge in [0.1, 0.15) is 5.54 Å². The summed E-state index contributed by atoms with van der Waals surface area (Å²) in [5.41, 5.74) is 0.732. The van der Waals surface area contributed by atoms with E-state index in [9.17, 15) is 14.4 Å². The van der Waals surface area contributed by atoms with Crippen LogP contribution in [-0.2, 0) is 19.1 Å². The Bertz CT molecular complexity index is 1150. The second-order valence-electron chi connectivity index (χ2n) is 8.98. The molecule has 9 nitrogen and oxygen atoms in total. The Morgan fingerprint density at radius 3 is 2.08 bits per heavy atom. The second-order valence-corrected chi connectivity index (χ2v) is 8.98. The number of esters is 1. The highest BCUT2D eigenvalue weighted by atomic mass is 16.5. The summed E-state index contributed by atoms with van der Waals surface area (Å²) in [7, 11) is 4.51. The third-order valence-electron chi connectivity index (χ3n) is 7.19.